The fourth-order valence-electron chi connectivity index (χ4n) is 1.96. The molecule has 0 saturated carbocycles. The van der Waals surface area contributed by atoms with Crippen LogP contribution in [0.4, 0.5) is 0 Å². The lowest BCUT2D eigenvalue weighted by Crippen LogP contribution is -2.30. The molecular formula is C16H27N3O3. The van der Waals surface area contributed by atoms with Gasteiger partial charge in [0, 0.05) is 36.7 Å². The lowest BCUT2D eigenvalue weighted by Gasteiger charge is -2.14. The molecule has 0 saturated heterocycles. The molecule has 1 rings (SSSR count). The first-order valence-electron chi connectivity index (χ1n) is 7.87. The van der Waals surface area contributed by atoms with Crippen LogP contribution in [0, 0.1) is 6.92 Å². The molecule has 0 aliphatic heterocycles. The van der Waals surface area contributed by atoms with Crippen LogP contribution in [0.3, 0.4) is 0 Å². The number of aryl methyl sites for hydroxylation is 1. The van der Waals surface area contributed by atoms with Gasteiger partial charge in [-0.25, -0.2) is 4.98 Å². The summed E-state index contributed by atoms with van der Waals surface area (Å²) in [7, 11) is 0. The third kappa shape index (κ3) is 5.60. The minimum atomic E-state index is -0.161. The van der Waals surface area contributed by atoms with Gasteiger partial charge in [0.15, 0.2) is 6.61 Å². The summed E-state index contributed by atoms with van der Waals surface area (Å²) in [5.74, 6) is 1.09. The van der Waals surface area contributed by atoms with E-state index in [0.717, 1.165) is 24.1 Å². The maximum absolute atomic E-state index is 11.7. The molecule has 6 nitrogen and oxygen atoms in total. The Bertz CT molecular complexity index is 490. The third-order valence-corrected chi connectivity index (χ3v) is 3.26. The number of nitrogens with zero attached hydrogens (tertiary/aromatic N) is 2. The second-order valence-electron chi connectivity index (χ2n) is 5.57. The number of nitrogens with one attached hydrogen (secondary N) is 1. The van der Waals surface area contributed by atoms with Gasteiger partial charge >= 0.3 is 0 Å². The molecule has 0 spiro atoms. The molecule has 0 radical (unpaired) electrons. The van der Waals surface area contributed by atoms with E-state index in [4.69, 9.17) is 4.74 Å². The van der Waals surface area contributed by atoms with Crippen LogP contribution in [0.2, 0.25) is 0 Å². The Kier molecular flexibility index (Phi) is 7.80. The summed E-state index contributed by atoms with van der Waals surface area (Å²) in [5, 5.41) is 12.0. The molecule has 0 aromatic carbocycles. The third-order valence-electron chi connectivity index (χ3n) is 3.26. The molecule has 1 amide bonds. The van der Waals surface area contributed by atoms with Crippen LogP contribution in [0.15, 0.2) is 0 Å². The van der Waals surface area contributed by atoms with E-state index < -0.39 is 0 Å². The minimum Gasteiger partial charge on any atom is -0.467 e. The molecule has 2 N–H and O–H groups in total. The number of aromatic nitrogens is 2. The molecule has 0 bridgehead atoms. The van der Waals surface area contributed by atoms with Crippen molar-refractivity contribution in [2.75, 3.05) is 19.8 Å². The van der Waals surface area contributed by atoms with Gasteiger partial charge in [-0.15, -0.1) is 0 Å². The summed E-state index contributed by atoms with van der Waals surface area (Å²) < 4.78 is 5.58. The zero-order chi connectivity index (χ0) is 16.5. The normalized spacial score (nSPS) is 10.8. The summed E-state index contributed by atoms with van der Waals surface area (Å²) in [6.45, 7) is 8.51. The quantitative estimate of drug-likeness (QED) is 0.679. The average molecular weight is 309 g/mol. The van der Waals surface area contributed by atoms with E-state index in [1.807, 2.05) is 20.8 Å². The summed E-state index contributed by atoms with van der Waals surface area (Å²) in [4.78, 5) is 20.6. The van der Waals surface area contributed by atoms with Gasteiger partial charge in [0.05, 0.1) is 0 Å². The first-order chi connectivity index (χ1) is 10.5. The second-order valence-corrected chi connectivity index (χ2v) is 5.57. The molecule has 124 valence electrons. The van der Waals surface area contributed by atoms with Gasteiger partial charge in [-0.3, -0.25) is 4.79 Å². The van der Waals surface area contributed by atoms with Gasteiger partial charge in [0.1, 0.15) is 5.82 Å². The number of aliphatic hydroxyl groups excluding tert-OH is 1. The molecular weight excluding hydrogens is 282 g/mol. The maximum Gasteiger partial charge on any atom is 0.258 e. The van der Waals surface area contributed by atoms with Crippen molar-refractivity contribution in [3.63, 3.8) is 0 Å². The lowest BCUT2D eigenvalue weighted by molar-refractivity contribution is -0.123. The predicted molar refractivity (Wildman–Crippen MR) is 85.1 cm³/mol. The van der Waals surface area contributed by atoms with E-state index in [1.54, 1.807) is 0 Å². The second kappa shape index (κ2) is 9.35. The van der Waals surface area contributed by atoms with Crippen molar-refractivity contribution >= 4 is 5.91 Å². The summed E-state index contributed by atoms with van der Waals surface area (Å²) >= 11 is 0. The average Bonchev–Trinajstić information content (AvgIpc) is 2.47. The van der Waals surface area contributed by atoms with E-state index in [2.05, 4.69) is 22.2 Å². The SMILES string of the molecule is CCCCNC(=O)COc1nc(C(C)C)nc(C)c1CCO. The Morgan fingerprint density at radius 2 is 2.09 bits per heavy atom. The Morgan fingerprint density at radius 3 is 2.68 bits per heavy atom. The molecule has 1 heterocycles. The fourth-order valence-corrected chi connectivity index (χ4v) is 1.96. The smallest absolute Gasteiger partial charge is 0.258 e. The van der Waals surface area contributed by atoms with Gasteiger partial charge in [-0.2, -0.15) is 4.98 Å². The first kappa shape index (κ1) is 18.4. The Morgan fingerprint density at radius 1 is 1.36 bits per heavy atom. The molecule has 6 heteroatoms. The van der Waals surface area contributed by atoms with Crippen molar-refractivity contribution in [2.45, 2.75) is 52.9 Å². The number of hydrogen-bond acceptors (Lipinski definition) is 5. The molecule has 0 atom stereocenters. The van der Waals surface area contributed by atoms with Gasteiger partial charge < -0.3 is 15.2 Å². The molecule has 0 fully saturated rings. The number of rotatable bonds is 9. The standard InChI is InChI=1S/C16H27N3O3/c1-5-6-8-17-14(21)10-22-16-13(7-9-20)12(4)18-15(19-16)11(2)3/h11,20H,5-10H2,1-4H3,(H,17,21). The van der Waals surface area contributed by atoms with Crippen LogP contribution < -0.4 is 10.1 Å². The van der Waals surface area contributed by atoms with Crippen LogP contribution in [0.5, 0.6) is 5.88 Å². The monoisotopic (exact) mass is 309 g/mol. The van der Waals surface area contributed by atoms with Crippen LogP contribution >= 0.6 is 0 Å². The number of carbonyl (C=O) groups excluding carboxylic acids is 1. The lowest BCUT2D eigenvalue weighted by atomic mass is 10.1. The van der Waals surface area contributed by atoms with Gasteiger partial charge in [0.25, 0.3) is 5.91 Å². The van der Waals surface area contributed by atoms with Crippen LogP contribution in [-0.4, -0.2) is 40.7 Å². The Balaban J connectivity index is 2.80. The van der Waals surface area contributed by atoms with Crippen LogP contribution in [0.1, 0.15) is 56.6 Å². The van der Waals surface area contributed by atoms with Gasteiger partial charge in [0.2, 0.25) is 5.88 Å². The molecule has 1 aromatic rings. The van der Waals surface area contributed by atoms with E-state index in [9.17, 15) is 9.90 Å². The number of ether oxygens (including phenoxy) is 1. The Hall–Kier alpha value is -1.69. The van der Waals surface area contributed by atoms with Crippen molar-refractivity contribution in [1.29, 1.82) is 0 Å². The fraction of sp³-hybridized carbons (Fsp3) is 0.688. The molecule has 0 unspecified atom stereocenters. The van der Waals surface area contributed by atoms with Gasteiger partial charge in [-0.05, 0) is 13.3 Å². The van der Waals surface area contributed by atoms with E-state index in [0.29, 0.717) is 24.7 Å². The number of amides is 1. The zero-order valence-electron chi connectivity index (χ0n) is 14.0. The highest BCUT2D eigenvalue weighted by atomic mass is 16.5. The highest BCUT2D eigenvalue weighted by Crippen LogP contribution is 2.22. The van der Waals surface area contributed by atoms with Crippen molar-refractivity contribution in [2.24, 2.45) is 0 Å². The van der Waals surface area contributed by atoms with E-state index >= 15 is 0 Å². The number of hydrogen-bond donors (Lipinski definition) is 2. The van der Waals surface area contributed by atoms with Crippen LogP contribution in [-0.2, 0) is 11.2 Å². The first-order valence-corrected chi connectivity index (χ1v) is 7.87. The number of unbranched alkanes of at least 4 members (excludes halogenated alkanes) is 1. The minimum absolute atomic E-state index is 0.00964. The zero-order valence-corrected chi connectivity index (χ0v) is 14.0. The Labute approximate surface area is 132 Å². The van der Waals surface area contributed by atoms with Crippen LogP contribution in [0.25, 0.3) is 0 Å². The molecule has 1 aromatic heterocycles. The van der Waals surface area contributed by atoms with E-state index in [-0.39, 0.29) is 25.0 Å². The van der Waals surface area contributed by atoms with Crippen molar-refractivity contribution in [1.82, 2.24) is 15.3 Å². The molecule has 22 heavy (non-hydrogen) atoms. The summed E-state index contributed by atoms with van der Waals surface area (Å²) in [6.07, 6.45) is 2.40. The highest BCUT2D eigenvalue weighted by Gasteiger charge is 2.15. The highest BCUT2D eigenvalue weighted by molar-refractivity contribution is 5.77. The summed E-state index contributed by atoms with van der Waals surface area (Å²) in [5.41, 5.74) is 1.54. The number of aliphatic hydroxyl groups is 1. The molecule has 0 aliphatic rings. The maximum atomic E-state index is 11.7. The molecule has 0 aliphatic carbocycles. The largest absolute Gasteiger partial charge is 0.467 e. The number of carbonyl (C=O) groups is 1. The van der Waals surface area contributed by atoms with Crippen molar-refractivity contribution in [3.8, 4) is 5.88 Å². The van der Waals surface area contributed by atoms with Crippen molar-refractivity contribution < 1.29 is 14.6 Å². The van der Waals surface area contributed by atoms with Crippen molar-refractivity contribution in [3.05, 3.63) is 17.1 Å². The predicted octanol–water partition coefficient (Wildman–Crippen LogP) is 1.74. The summed E-state index contributed by atoms with van der Waals surface area (Å²) in [6, 6.07) is 0. The topological polar surface area (TPSA) is 84.3 Å². The van der Waals surface area contributed by atoms with E-state index in [1.165, 1.54) is 0 Å². The van der Waals surface area contributed by atoms with Gasteiger partial charge in [-0.1, -0.05) is 27.2 Å².